The minimum absolute atomic E-state index is 0.0735. The molecule has 8 heteroatoms. The zero-order valence-electron chi connectivity index (χ0n) is 15.7. The molecule has 0 fully saturated rings. The van der Waals surface area contributed by atoms with Gasteiger partial charge in [-0.1, -0.05) is 12.1 Å². The van der Waals surface area contributed by atoms with Crippen LogP contribution >= 0.6 is 0 Å². The molecule has 0 spiro atoms. The van der Waals surface area contributed by atoms with Gasteiger partial charge in [0.05, 0.1) is 18.1 Å². The van der Waals surface area contributed by atoms with Crippen LogP contribution in [0.4, 0.5) is 4.39 Å². The van der Waals surface area contributed by atoms with E-state index in [4.69, 9.17) is 4.42 Å². The van der Waals surface area contributed by atoms with Crippen molar-refractivity contribution in [2.45, 2.75) is 0 Å². The van der Waals surface area contributed by atoms with Crippen molar-refractivity contribution in [3.8, 4) is 34.3 Å². The van der Waals surface area contributed by atoms with Crippen LogP contribution in [0.15, 0.2) is 65.3 Å². The van der Waals surface area contributed by atoms with Gasteiger partial charge in [0, 0.05) is 30.8 Å². The molecule has 4 aromatic rings. The monoisotopic (exact) mass is 389 g/mol. The Labute approximate surface area is 165 Å². The summed E-state index contributed by atoms with van der Waals surface area (Å²) in [7, 11) is 3.41. The van der Waals surface area contributed by atoms with Gasteiger partial charge in [0.2, 0.25) is 5.89 Å². The summed E-state index contributed by atoms with van der Waals surface area (Å²) in [4.78, 5) is 22.3. The van der Waals surface area contributed by atoms with E-state index in [1.807, 2.05) is 12.1 Å². The maximum Gasteiger partial charge on any atom is 0.268 e. The Kier molecular flexibility index (Phi) is 4.82. The van der Waals surface area contributed by atoms with Crippen LogP contribution in [0.2, 0.25) is 0 Å². The van der Waals surface area contributed by atoms with E-state index in [-0.39, 0.29) is 23.5 Å². The number of aromatic nitrogens is 4. The highest BCUT2D eigenvalue weighted by Crippen LogP contribution is 2.25. The third kappa shape index (κ3) is 3.86. The number of carbonyl (C=O) groups is 1. The molecule has 4 rings (SSSR count). The molecular weight excluding hydrogens is 373 g/mol. The molecule has 7 nitrogen and oxygen atoms in total. The number of benzene rings is 2. The standard InChI is InChI=1S/C21H16FN5O2/c1-27(2)21(28)15-5-3-13(4-6-15)17-11-23-12-18(24-17)20-26-25-19(29-20)14-7-9-16(22)10-8-14/h3-12H,1-2H3. The van der Waals surface area contributed by atoms with Gasteiger partial charge in [-0.2, -0.15) is 0 Å². The number of hydrogen-bond acceptors (Lipinski definition) is 6. The van der Waals surface area contributed by atoms with Crippen molar-refractivity contribution < 1.29 is 13.6 Å². The van der Waals surface area contributed by atoms with E-state index in [0.717, 1.165) is 5.56 Å². The van der Waals surface area contributed by atoms with Crippen LogP contribution in [0, 0.1) is 5.82 Å². The van der Waals surface area contributed by atoms with Crippen molar-refractivity contribution in [1.82, 2.24) is 25.1 Å². The van der Waals surface area contributed by atoms with Crippen molar-refractivity contribution >= 4 is 5.91 Å². The highest BCUT2D eigenvalue weighted by molar-refractivity contribution is 5.94. The van der Waals surface area contributed by atoms with Gasteiger partial charge in [-0.15, -0.1) is 10.2 Å². The second-order valence-corrected chi connectivity index (χ2v) is 6.49. The second kappa shape index (κ2) is 7.59. The van der Waals surface area contributed by atoms with Crippen LogP contribution < -0.4 is 0 Å². The van der Waals surface area contributed by atoms with E-state index < -0.39 is 0 Å². The Bertz CT molecular complexity index is 1150. The molecule has 2 aromatic carbocycles. The smallest absolute Gasteiger partial charge is 0.268 e. The maximum atomic E-state index is 13.1. The molecule has 0 saturated heterocycles. The van der Waals surface area contributed by atoms with Crippen molar-refractivity contribution in [3.63, 3.8) is 0 Å². The first-order valence-electron chi connectivity index (χ1n) is 8.75. The Morgan fingerprint density at radius 1 is 0.862 bits per heavy atom. The average molecular weight is 389 g/mol. The molecule has 1 amide bonds. The fourth-order valence-electron chi connectivity index (χ4n) is 2.69. The van der Waals surface area contributed by atoms with Gasteiger partial charge < -0.3 is 9.32 Å². The SMILES string of the molecule is CN(C)C(=O)c1ccc(-c2cncc(-c3nnc(-c4ccc(F)cc4)o3)n2)cc1. The van der Waals surface area contributed by atoms with E-state index in [9.17, 15) is 9.18 Å². The van der Waals surface area contributed by atoms with Crippen LogP contribution in [0.25, 0.3) is 34.3 Å². The second-order valence-electron chi connectivity index (χ2n) is 6.49. The lowest BCUT2D eigenvalue weighted by atomic mass is 10.1. The molecule has 0 bridgehead atoms. The van der Waals surface area contributed by atoms with Crippen molar-refractivity contribution in [1.29, 1.82) is 0 Å². The molecule has 29 heavy (non-hydrogen) atoms. The predicted molar refractivity (Wildman–Crippen MR) is 104 cm³/mol. The third-order valence-corrected chi connectivity index (χ3v) is 4.20. The summed E-state index contributed by atoms with van der Waals surface area (Å²) in [6.45, 7) is 0. The van der Waals surface area contributed by atoms with Gasteiger partial charge in [0.1, 0.15) is 11.5 Å². The van der Waals surface area contributed by atoms with Gasteiger partial charge in [-0.3, -0.25) is 9.78 Å². The lowest BCUT2D eigenvalue weighted by molar-refractivity contribution is 0.0827. The largest absolute Gasteiger partial charge is 0.415 e. The summed E-state index contributed by atoms with van der Waals surface area (Å²) >= 11 is 0. The number of rotatable bonds is 4. The summed E-state index contributed by atoms with van der Waals surface area (Å²) in [6, 6.07) is 12.9. The van der Waals surface area contributed by atoms with E-state index in [1.165, 1.54) is 23.2 Å². The molecule has 0 N–H and O–H groups in total. The Morgan fingerprint density at radius 2 is 1.48 bits per heavy atom. The van der Waals surface area contributed by atoms with Crippen molar-refractivity contribution in [2.24, 2.45) is 0 Å². The summed E-state index contributed by atoms with van der Waals surface area (Å²) < 4.78 is 18.7. The minimum atomic E-state index is -0.342. The van der Waals surface area contributed by atoms with Gasteiger partial charge >= 0.3 is 0 Å². The van der Waals surface area contributed by atoms with Gasteiger partial charge in [-0.25, -0.2) is 9.37 Å². The normalized spacial score (nSPS) is 10.7. The average Bonchev–Trinajstić information content (AvgIpc) is 3.24. The Balaban J connectivity index is 1.61. The molecule has 0 aliphatic heterocycles. The highest BCUT2D eigenvalue weighted by Gasteiger charge is 2.14. The van der Waals surface area contributed by atoms with Crippen LogP contribution in [0.5, 0.6) is 0 Å². The highest BCUT2D eigenvalue weighted by atomic mass is 19.1. The quantitative estimate of drug-likeness (QED) is 0.529. The Morgan fingerprint density at radius 3 is 2.17 bits per heavy atom. The fraction of sp³-hybridized carbons (Fsp3) is 0.0952. The number of carbonyl (C=O) groups excluding carboxylic acids is 1. The lowest BCUT2D eigenvalue weighted by Crippen LogP contribution is -2.21. The predicted octanol–water partition coefficient (Wildman–Crippen LogP) is 3.70. The van der Waals surface area contributed by atoms with E-state index >= 15 is 0 Å². The van der Waals surface area contributed by atoms with Crippen LogP contribution in [0.1, 0.15) is 10.4 Å². The van der Waals surface area contributed by atoms with Crippen molar-refractivity contribution in [2.75, 3.05) is 14.1 Å². The van der Waals surface area contributed by atoms with Crippen LogP contribution in [0.3, 0.4) is 0 Å². The minimum Gasteiger partial charge on any atom is -0.415 e. The fourth-order valence-corrected chi connectivity index (χ4v) is 2.69. The van der Waals surface area contributed by atoms with Gasteiger partial charge in [0.15, 0.2) is 0 Å². The molecular formula is C21H16FN5O2. The first kappa shape index (κ1) is 18.4. The molecule has 0 unspecified atom stereocenters. The molecule has 2 heterocycles. The van der Waals surface area contributed by atoms with E-state index in [0.29, 0.717) is 22.5 Å². The number of nitrogens with zero attached hydrogens (tertiary/aromatic N) is 5. The zero-order chi connectivity index (χ0) is 20.4. The molecule has 0 aliphatic carbocycles. The molecule has 0 saturated carbocycles. The summed E-state index contributed by atoms with van der Waals surface area (Å²) in [6.07, 6.45) is 3.14. The Hall–Kier alpha value is -3.94. The zero-order valence-corrected chi connectivity index (χ0v) is 15.7. The maximum absolute atomic E-state index is 13.1. The molecule has 144 valence electrons. The topological polar surface area (TPSA) is 85.0 Å². The first-order valence-corrected chi connectivity index (χ1v) is 8.75. The first-order chi connectivity index (χ1) is 14.0. The third-order valence-electron chi connectivity index (χ3n) is 4.20. The number of hydrogen-bond donors (Lipinski definition) is 0. The van der Waals surface area contributed by atoms with E-state index in [1.54, 1.807) is 44.6 Å². The summed E-state index contributed by atoms with van der Waals surface area (Å²) in [5.74, 6) is 0.0535. The lowest BCUT2D eigenvalue weighted by Gasteiger charge is -2.10. The van der Waals surface area contributed by atoms with E-state index in [2.05, 4.69) is 20.2 Å². The molecule has 0 atom stereocenters. The molecule has 0 radical (unpaired) electrons. The molecule has 2 aromatic heterocycles. The summed E-state index contributed by atoms with van der Waals surface area (Å²) in [5.41, 5.74) is 3.01. The van der Waals surface area contributed by atoms with Crippen LogP contribution in [-0.2, 0) is 0 Å². The van der Waals surface area contributed by atoms with Crippen molar-refractivity contribution in [3.05, 3.63) is 72.3 Å². The van der Waals surface area contributed by atoms with Crippen LogP contribution in [-0.4, -0.2) is 45.1 Å². The van der Waals surface area contributed by atoms with Gasteiger partial charge in [0.25, 0.3) is 11.8 Å². The number of halogens is 1. The number of amides is 1. The van der Waals surface area contributed by atoms with Gasteiger partial charge in [-0.05, 0) is 36.4 Å². The molecule has 0 aliphatic rings. The summed E-state index contributed by atoms with van der Waals surface area (Å²) in [5, 5.41) is 8.01.